The molecule has 1 aliphatic heterocycles. The number of amides is 1. The van der Waals surface area contributed by atoms with E-state index in [1.807, 2.05) is 0 Å². The molecule has 0 bridgehead atoms. The van der Waals surface area contributed by atoms with Crippen LogP contribution in [0.25, 0.3) is 0 Å². The van der Waals surface area contributed by atoms with Gasteiger partial charge in [0.25, 0.3) is 5.91 Å². The van der Waals surface area contributed by atoms with Gasteiger partial charge in [0.05, 0.1) is 6.61 Å². The average Bonchev–Trinajstić information content (AvgIpc) is 3.36. The number of nitrogens with one attached hydrogen (secondary N) is 2. The number of carbonyl (C=O) groups is 2. The Kier molecular flexibility index (Phi) is 11.4. The molecule has 3 aromatic rings. The van der Waals surface area contributed by atoms with Crippen molar-refractivity contribution in [1.29, 1.82) is 0 Å². The summed E-state index contributed by atoms with van der Waals surface area (Å²) in [5.41, 5.74) is 4.70. The van der Waals surface area contributed by atoms with Crippen molar-refractivity contribution >= 4 is 41.0 Å². The first kappa shape index (κ1) is 34.2. The fourth-order valence-corrected chi connectivity index (χ4v) is 5.24. The minimum atomic E-state index is -1.69. The number of carbonyl (C=O) groups excluding carboxylic acids is 2. The summed E-state index contributed by atoms with van der Waals surface area (Å²) in [6.07, 6.45) is -0.820. The number of halogens is 3. The molecule has 1 heterocycles. The van der Waals surface area contributed by atoms with E-state index >= 15 is 0 Å². The molecule has 12 heteroatoms. The lowest BCUT2D eigenvalue weighted by Gasteiger charge is -2.31. The SMILES string of the molecule is CC(C)(C)OC(=O)CC[C@]1(C(=O)NNCc2cccc(F)c2)N=C(c2ccc(OCCCO)cc2)O[C@H]1c1ccc(Cl)cc1Cl. The fourth-order valence-electron chi connectivity index (χ4n) is 4.73. The maximum Gasteiger partial charge on any atom is 0.306 e. The highest BCUT2D eigenvalue weighted by Gasteiger charge is 2.54. The van der Waals surface area contributed by atoms with Gasteiger partial charge in [-0.1, -0.05) is 41.4 Å². The van der Waals surface area contributed by atoms with Crippen LogP contribution < -0.4 is 15.6 Å². The van der Waals surface area contributed by atoms with Crippen molar-refractivity contribution in [2.45, 2.75) is 63.8 Å². The van der Waals surface area contributed by atoms with E-state index < -0.39 is 34.9 Å². The number of hydrogen-bond acceptors (Lipinski definition) is 8. The number of aliphatic hydroxyl groups is 1. The van der Waals surface area contributed by atoms with Crippen molar-refractivity contribution in [3.05, 3.63) is 99.3 Å². The summed E-state index contributed by atoms with van der Waals surface area (Å²) in [6, 6.07) is 17.7. The second kappa shape index (κ2) is 15.1. The smallest absolute Gasteiger partial charge is 0.306 e. The number of aliphatic hydroxyl groups excluding tert-OH is 1. The van der Waals surface area contributed by atoms with E-state index in [1.54, 1.807) is 69.3 Å². The molecule has 45 heavy (non-hydrogen) atoms. The van der Waals surface area contributed by atoms with Gasteiger partial charge in [0.1, 0.15) is 17.2 Å². The third-order valence-electron chi connectivity index (χ3n) is 6.79. The minimum absolute atomic E-state index is 0.0158. The van der Waals surface area contributed by atoms with Crippen molar-refractivity contribution < 1.29 is 33.3 Å². The molecular weight excluding hydrogens is 624 g/mol. The van der Waals surface area contributed by atoms with Gasteiger partial charge in [0, 0.05) is 47.2 Å². The van der Waals surface area contributed by atoms with Gasteiger partial charge in [0.2, 0.25) is 5.90 Å². The van der Waals surface area contributed by atoms with Crippen molar-refractivity contribution in [3.8, 4) is 5.75 Å². The highest BCUT2D eigenvalue weighted by atomic mass is 35.5. The maximum absolute atomic E-state index is 14.2. The molecule has 0 spiro atoms. The predicted octanol–water partition coefficient (Wildman–Crippen LogP) is 6.09. The van der Waals surface area contributed by atoms with E-state index in [0.717, 1.165) is 0 Å². The van der Waals surface area contributed by atoms with Crippen molar-refractivity contribution in [2.24, 2.45) is 4.99 Å². The topological polar surface area (TPSA) is 118 Å². The number of hydrazine groups is 1. The van der Waals surface area contributed by atoms with Crippen LogP contribution in [-0.4, -0.2) is 47.2 Å². The third kappa shape index (κ3) is 9.17. The monoisotopic (exact) mass is 659 g/mol. The van der Waals surface area contributed by atoms with Crippen molar-refractivity contribution in [2.75, 3.05) is 13.2 Å². The molecule has 0 fully saturated rings. The normalized spacial score (nSPS) is 17.8. The Morgan fingerprint density at radius 1 is 1.09 bits per heavy atom. The Morgan fingerprint density at radius 2 is 1.84 bits per heavy atom. The first-order valence-electron chi connectivity index (χ1n) is 14.5. The molecule has 0 saturated carbocycles. The van der Waals surface area contributed by atoms with E-state index in [9.17, 15) is 14.0 Å². The number of rotatable bonds is 13. The Morgan fingerprint density at radius 3 is 2.51 bits per heavy atom. The van der Waals surface area contributed by atoms with Crippen LogP contribution in [0.5, 0.6) is 5.75 Å². The summed E-state index contributed by atoms with van der Waals surface area (Å²) in [5.74, 6) is -0.792. The molecule has 0 aliphatic carbocycles. The highest BCUT2D eigenvalue weighted by Crippen LogP contribution is 2.45. The van der Waals surface area contributed by atoms with Gasteiger partial charge in [-0.2, -0.15) is 0 Å². The highest BCUT2D eigenvalue weighted by molar-refractivity contribution is 6.35. The molecule has 0 radical (unpaired) electrons. The summed E-state index contributed by atoms with van der Waals surface area (Å²) < 4.78 is 31.3. The van der Waals surface area contributed by atoms with Crippen molar-refractivity contribution in [1.82, 2.24) is 10.9 Å². The average molecular weight is 661 g/mol. The quantitative estimate of drug-likeness (QED) is 0.115. The number of ether oxygens (including phenoxy) is 3. The maximum atomic E-state index is 14.2. The van der Waals surface area contributed by atoms with Crippen molar-refractivity contribution in [3.63, 3.8) is 0 Å². The number of hydrogen-bond donors (Lipinski definition) is 3. The van der Waals surface area contributed by atoms with Gasteiger partial charge in [-0.25, -0.2) is 14.8 Å². The first-order chi connectivity index (χ1) is 21.4. The van der Waals surface area contributed by atoms with E-state index in [4.69, 9.17) is 47.5 Å². The minimum Gasteiger partial charge on any atom is -0.494 e. The molecule has 2 atom stereocenters. The molecule has 0 aromatic heterocycles. The van der Waals surface area contributed by atoms with Crippen LogP contribution in [0, 0.1) is 5.82 Å². The summed E-state index contributed by atoms with van der Waals surface area (Å²) in [5, 5.41) is 9.66. The van der Waals surface area contributed by atoms with Gasteiger partial charge in [-0.3, -0.25) is 15.0 Å². The van der Waals surface area contributed by atoms with Crippen LogP contribution >= 0.6 is 23.2 Å². The molecule has 240 valence electrons. The van der Waals surface area contributed by atoms with Crippen LogP contribution in [0.2, 0.25) is 10.0 Å². The van der Waals surface area contributed by atoms with Crippen LogP contribution in [0.3, 0.4) is 0 Å². The van der Waals surface area contributed by atoms with E-state index in [0.29, 0.717) is 40.5 Å². The predicted molar refractivity (Wildman–Crippen MR) is 170 cm³/mol. The lowest BCUT2D eigenvalue weighted by atomic mass is 9.83. The van der Waals surface area contributed by atoms with E-state index in [-0.39, 0.29) is 36.9 Å². The third-order valence-corrected chi connectivity index (χ3v) is 7.35. The number of nitrogens with zero attached hydrogens (tertiary/aromatic N) is 1. The van der Waals surface area contributed by atoms with Crippen LogP contribution in [-0.2, 0) is 25.6 Å². The lowest BCUT2D eigenvalue weighted by Crippen LogP contribution is -2.52. The summed E-state index contributed by atoms with van der Waals surface area (Å²) in [4.78, 5) is 31.9. The Bertz CT molecular complexity index is 1530. The standard InChI is InChI=1S/C33H36Cl2FN3O6/c1-32(2,3)45-28(41)14-15-33(31(42)39-37-20-21-6-4-7-24(36)18-21)29(26-13-10-23(34)19-27(26)35)44-30(38-33)22-8-11-25(12-9-22)43-17-5-16-40/h4,6-13,18-19,29,37,40H,5,14-17,20H2,1-3H3,(H,39,42)/t29-,33-/m0/s1. The first-order valence-corrected chi connectivity index (χ1v) is 15.2. The Balaban J connectivity index is 1.71. The fraction of sp³-hybridized carbons (Fsp3) is 0.364. The van der Waals surface area contributed by atoms with Gasteiger partial charge >= 0.3 is 5.97 Å². The molecule has 9 nitrogen and oxygen atoms in total. The van der Waals surface area contributed by atoms with Crippen LogP contribution in [0.4, 0.5) is 4.39 Å². The summed E-state index contributed by atoms with van der Waals surface area (Å²) >= 11 is 12.8. The van der Waals surface area contributed by atoms with E-state index in [2.05, 4.69) is 10.9 Å². The largest absolute Gasteiger partial charge is 0.494 e. The summed E-state index contributed by atoms with van der Waals surface area (Å²) in [6.45, 7) is 5.75. The molecule has 0 saturated heterocycles. The van der Waals surface area contributed by atoms with Gasteiger partial charge in [0.15, 0.2) is 11.6 Å². The van der Waals surface area contributed by atoms with Crippen LogP contribution in [0.1, 0.15) is 62.8 Å². The van der Waals surface area contributed by atoms with Gasteiger partial charge in [-0.05, 0) is 81.3 Å². The molecule has 1 amide bonds. The molecule has 3 aromatic carbocycles. The zero-order chi connectivity index (χ0) is 32.6. The Hall–Kier alpha value is -3.70. The second-order valence-electron chi connectivity index (χ2n) is 11.5. The zero-order valence-corrected chi connectivity index (χ0v) is 26.8. The summed E-state index contributed by atoms with van der Waals surface area (Å²) in [7, 11) is 0. The van der Waals surface area contributed by atoms with Gasteiger partial charge < -0.3 is 19.3 Å². The molecule has 0 unspecified atom stereocenters. The Labute approximate surface area is 271 Å². The second-order valence-corrected chi connectivity index (χ2v) is 12.3. The van der Waals surface area contributed by atoms with Gasteiger partial charge in [-0.15, -0.1) is 0 Å². The number of aliphatic imine (C=N–C) groups is 1. The number of esters is 1. The molecule has 4 rings (SSSR count). The van der Waals surface area contributed by atoms with E-state index in [1.165, 1.54) is 18.2 Å². The lowest BCUT2D eigenvalue weighted by molar-refractivity contribution is -0.155. The zero-order valence-electron chi connectivity index (χ0n) is 25.2. The molecule has 3 N–H and O–H groups in total. The molecular formula is C33H36Cl2FN3O6. The molecule has 1 aliphatic rings. The van der Waals surface area contributed by atoms with Crippen LogP contribution in [0.15, 0.2) is 71.7 Å². The number of benzene rings is 3.